The number of fused-ring (bicyclic) bond motifs is 1. The van der Waals surface area contributed by atoms with Crippen molar-refractivity contribution in [1.29, 1.82) is 0 Å². The Morgan fingerprint density at radius 2 is 1.76 bits per heavy atom. The van der Waals surface area contributed by atoms with Crippen molar-refractivity contribution in [3.8, 4) is 0 Å². The molecule has 1 aromatic heterocycles. The Morgan fingerprint density at radius 3 is 2.34 bits per heavy atom. The number of carbonyl (C=O) groups is 3. The first-order chi connectivity index (χ1) is 13.9. The van der Waals surface area contributed by atoms with Crippen LogP contribution in [0.4, 0.5) is 0 Å². The third-order valence-corrected chi connectivity index (χ3v) is 5.45. The smallest absolute Gasteiger partial charge is 0.261 e. The number of rotatable bonds is 9. The SMILES string of the molecule is CCn1ncc(C(C)NC(=O)CCCCCN2C(=O)c3ccccc3C2=O)c1C. The van der Waals surface area contributed by atoms with Gasteiger partial charge in [-0.1, -0.05) is 18.6 Å². The van der Waals surface area contributed by atoms with Gasteiger partial charge in [0.25, 0.3) is 11.8 Å². The maximum absolute atomic E-state index is 12.3. The van der Waals surface area contributed by atoms with Crippen molar-refractivity contribution in [3.05, 3.63) is 52.8 Å². The number of hydrogen-bond acceptors (Lipinski definition) is 4. The van der Waals surface area contributed by atoms with Crippen LogP contribution in [0, 0.1) is 6.92 Å². The molecule has 1 aromatic carbocycles. The largest absolute Gasteiger partial charge is 0.349 e. The summed E-state index contributed by atoms with van der Waals surface area (Å²) >= 11 is 0. The van der Waals surface area contributed by atoms with E-state index in [0.29, 0.717) is 30.5 Å². The summed E-state index contributed by atoms with van der Waals surface area (Å²) < 4.78 is 1.91. The van der Waals surface area contributed by atoms with Gasteiger partial charge >= 0.3 is 0 Å². The predicted molar refractivity (Wildman–Crippen MR) is 109 cm³/mol. The second kappa shape index (κ2) is 9.03. The highest BCUT2D eigenvalue weighted by atomic mass is 16.2. The molecule has 1 N–H and O–H groups in total. The number of aryl methyl sites for hydroxylation is 1. The van der Waals surface area contributed by atoms with Gasteiger partial charge in [0.2, 0.25) is 5.91 Å². The fraction of sp³-hybridized carbons (Fsp3) is 0.455. The third kappa shape index (κ3) is 4.39. The third-order valence-electron chi connectivity index (χ3n) is 5.45. The van der Waals surface area contributed by atoms with Gasteiger partial charge in [-0.05, 0) is 45.7 Å². The van der Waals surface area contributed by atoms with E-state index in [-0.39, 0.29) is 23.8 Å². The lowest BCUT2D eigenvalue weighted by Gasteiger charge is -2.15. The quantitative estimate of drug-likeness (QED) is 0.521. The predicted octanol–water partition coefficient (Wildman–Crippen LogP) is 3.25. The number of nitrogens with one attached hydrogen (secondary N) is 1. The molecule has 1 aliphatic rings. The van der Waals surface area contributed by atoms with E-state index in [1.165, 1.54) is 4.90 Å². The molecular formula is C22H28N4O3. The average molecular weight is 396 g/mol. The van der Waals surface area contributed by atoms with Gasteiger partial charge in [-0.25, -0.2) is 0 Å². The lowest BCUT2D eigenvalue weighted by molar-refractivity contribution is -0.121. The number of nitrogens with zero attached hydrogens (tertiary/aromatic N) is 3. The summed E-state index contributed by atoms with van der Waals surface area (Å²) in [4.78, 5) is 38.2. The number of unbranched alkanes of at least 4 members (excludes halogenated alkanes) is 2. The number of benzene rings is 1. The van der Waals surface area contributed by atoms with Crippen LogP contribution in [0.5, 0.6) is 0 Å². The molecule has 3 amide bonds. The normalized spacial score (nSPS) is 14.2. The van der Waals surface area contributed by atoms with E-state index in [2.05, 4.69) is 10.4 Å². The van der Waals surface area contributed by atoms with E-state index in [1.807, 2.05) is 31.6 Å². The van der Waals surface area contributed by atoms with Crippen molar-refractivity contribution in [1.82, 2.24) is 20.0 Å². The van der Waals surface area contributed by atoms with E-state index >= 15 is 0 Å². The van der Waals surface area contributed by atoms with Gasteiger partial charge in [-0.15, -0.1) is 0 Å². The number of hydrogen-bond donors (Lipinski definition) is 1. The van der Waals surface area contributed by atoms with Crippen LogP contribution >= 0.6 is 0 Å². The van der Waals surface area contributed by atoms with Gasteiger partial charge in [0.15, 0.2) is 0 Å². The van der Waals surface area contributed by atoms with Crippen LogP contribution in [-0.2, 0) is 11.3 Å². The summed E-state index contributed by atoms with van der Waals surface area (Å²) in [5.41, 5.74) is 3.06. The molecule has 0 fully saturated rings. The van der Waals surface area contributed by atoms with Gasteiger partial charge in [0.1, 0.15) is 0 Å². The van der Waals surface area contributed by atoms with E-state index in [4.69, 9.17) is 0 Å². The highest BCUT2D eigenvalue weighted by Gasteiger charge is 2.34. The van der Waals surface area contributed by atoms with Gasteiger partial charge < -0.3 is 5.32 Å². The van der Waals surface area contributed by atoms with Crippen LogP contribution in [0.25, 0.3) is 0 Å². The molecule has 0 aliphatic carbocycles. The first kappa shape index (κ1) is 20.8. The molecule has 1 atom stereocenters. The average Bonchev–Trinajstić information content (AvgIpc) is 3.20. The Balaban J connectivity index is 1.39. The highest BCUT2D eigenvalue weighted by Crippen LogP contribution is 2.23. The first-order valence-corrected chi connectivity index (χ1v) is 10.2. The standard InChI is InChI=1S/C22H28N4O3/c1-4-26-16(3)19(14-23-26)15(2)24-20(27)12-6-5-9-13-25-21(28)17-10-7-8-11-18(17)22(25)29/h7-8,10-11,14-15H,4-6,9,12-13H2,1-3H3,(H,24,27). The van der Waals surface area contributed by atoms with Crippen LogP contribution in [-0.4, -0.2) is 38.9 Å². The Hall–Kier alpha value is -2.96. The molecule has 1 unspecified atom stereocenters. The first-order valence-electron chi connectivity index (χ1n) is 10.2. The van der Waals surface area contributed by atoms with Crippen LogP contribution in [0.1, 0.15) is 77.5 Å². The Labute approximate surface area is 171 Å². The highest BCUT2D eigenvalue weighted by molar-refractivity contribution is 6.21. The Bertz CT molecular complexity index is 884. The number of imide groups is 1. The van der Waals surface area contributed by atoms with Gasteiger partial charge in [0.05, 0.1) is 23.4 Å². The molecule has 154 valence electrons. The minimum absolute atomic E-state index is 0.00174. The minimum Gasteiger partial charge on any atom is -0.349 e. The summed E-state index contributed by atoms with van der Waals surface area (Å²) in [5, 5.41) is 7.34. The van der Waals surface area contributed by atoms with Crippen molar-refractivity contribution < 1.29 is 14.4 Å². The van der Waals surface area contributed by atoms with Crippen molar-refractivity contribution >= 4 is 17.7 Å². The minimum atomic E-state index is -0.222. The summed E-state index contributed by atoms with van der Waals surface area (Å²) in [7, 11) is 0. The van der Waals surface area contributed by atoms with E-state index < -0.39 is 0 Å². The summed E-state index contributed by atoms with van der Waals surface area (Å²) in [6.45, 7) is 7.20. The lowest BCUT2D eigenvalue weighted by atomic mass is 10.1. The molecule has 0 saturated heterocycles. The molecule has 2 aromatic rings. The summed E-state index contributed by atoms with van der Waals surface area (Å²) in [6.07, 6.45) is 4.42. The number of aromatic nitrogens is 2. The van der Waals surface area contributed by atoms with Crippen LogP contribution < -0.4 is 5.32 Å². The Morgan fingerprint density at radius 1 is 1.10 bits per heavy atom. The van der Waals surface area contributed by atoms with Gasteiger partial charge in [-0.2, -0.15) is 5.10 Å². The molecular weight excluding hydrogens is 368 g/mol. The lowest BCUT2D eigenvalue weighted by Crippen LogP contribution is -2.30. The van der Waals surface area contributed by atoms with Crippen LogP contribution in [0.3, 0.4) is 0 Å². The molecule has 0 saturated carbocycles. The van der Waals surface area contributed by atoms with Crippen LogP contribution in [0.2, 0.25) is 0 Å². The maximum Gasteiger partial charge on any atom is 0.261 e. The number of carbonyl (C=O) groups excluding carboxylic acids is 3. The van der Waals surface area contributed by atoms with Crippen LogP contribution in [0.15, 0.2) is 30.5 Å². The molecule has 7 nitrogen and oxygen atoms in total. The van der Waals surface area contributed by atoms with Crippen molar-refractivity contribution in [3.63, 3.8) is 0 Å². The van der Waals surface area contributed by atoms with Crippen molar-refractivity contribution in [2.24, 2.45) is 0 Å². The molecule has 0 radical (unpaired) electrons. The topological polar surface area (TPSA) is 84.3 Å². The van der Waals surface area contributed by atoms with E-state index in [9.17, 15) is 14.4 Å². The van der Waals surface area contributed by atoms with E-state index in [0.717, 1.165) is 30.6 Å². The molecule has 0 spiro atoms. The maximum atomic E-state index is 12.3. The summed E-state index contributed by atoms with van der Waals surface area (Å²) in [6, 6.07) is 6.82. The number of amides is 3. The molecule has 0 bridgehead atoms. The van der Waals surface area contributed by atoms with Gasteiger partial charge in [0, 0.05) is 30.8 Å². The van der Waals surface area contributed by atoms with Crippen molar-refractivity contribution in [2.75, 3.05) is 6.54 Å². The second-order valence-electron chi connectivity index (χ2n) is 7.41. The zero-order valence-corrected chi connectivity index (χ0v) is 17.3. The van der Waals surface area contributed by atoms with Gasteiger partial charge in [-0.3, -0.25) is 24.0 Å². The molecule has 3 rings (SSSR count). The second-order valence-corrected chi connectivity index (χ2v) is 7.41. The van der Waals surface area contributed by atoms with Crippen molar-refractivity contribution in [2.45, 2.75) is 59.0 Å². The van der Waals surface area contributed by atoms with E-state index in [1.54, 1.807) is 24.3 Å². The fourth-order valence-corrected chi connectivity index (χ4v) is 3.77. The summed E-state index contributed by atoms with van der Waals surface area (Å²) in [5.74, 6) is -0.442. The zero-order chi connectivity index (χ0) is 21.0. The molecule has 7 heteroatoms. The molecule has 29 heavy (non-hydrogen) atoms. The molecule has 2 heterocycles. The Kier molecular flexibility index (Phi) is 6.46. The zero-order valence-electron chi connectivity index (χ0n) is 17.3. The fourth-order valence-electron chi connectivity index (χ4n) is 3.77. The monoisotopic (exact) mass is 396 g/mol. The molecule has 1 aliphatic heterocycles.